The van der Waals surface area contributed by atoms with Gasteiger partial charge < -0.3 is 15.2 Å². The minimum Gasteiger partial charge on any atom is -0.489 e. The molecule has 0 bridgehead atoms. The topological polar surface area (TPSA) is 78.6 Å². The molecule has 0 radical (unpaired) electrons. The van der Waals surface area contributed by atoms with Crippen LogP contribution in [0.25, 0.3) is 0 Å². The molecule has 26 heavy (non-hydrogen) atoms. The third-order valence-corrected chi connectivity index (χ3v) is 4.00. The third-order valence-electron chi connectivity index (χ3n) is 4.00. The Hall–Kier alpha value is -2.82. The quantitative estimate of drug-likeness (QED) is 0.803. The second-order valence-corrected chi connectivity index (χ2v) is 7.21. The highest BCUT2D eigenvalue weighted by Gasteiger charge is 2.16. The molecule has 0 spiro atoms. The van der Waals surface area contributed by atoms with E-state index in [9.17, 15) is 9.59 Å². The Labute approximate surface area is 154 Å². The number of nitrogens with two attached hydrogens (primary N) is 1. The number of hydrogen-bond acceptors (Lipinski definition) is 4. The van der Waals surface area contributed by atoms with Gasteiger partial charge in [0.2, 0.25) is 0 Å². The largest absolute Gasteiger partial charge is 0.489 e. The fourth-order valence-electron chi connectivity index (χ4n) is 2.24. The molecule has 5 heteroatoms. The number of hydrogen-bond donors (Lipinski definition) is 1. The maximum Gasteiger partial charge on any atom is 0.338 e. The van der Waals surface area contributed by atoms with Crippen LogP contribution in [0.3, 0.4) is 0 Å². The number of carbonyl (C=O) groups excluding carboxylic acids is 2. The molecule has 2 aromatic carbocycles. The predicted molar refractivity (Wildman–Crippen MR) is 100.0 cm³/mol. The van der Waals surface area contributed by atoms with Gasteiger partial charge in [-0.15, -0.1) is 0 Å². The highest BCUT2D eigenvalue weighted by Crippen LogP contribution is 2.24. The van der Waals surface area contributed by atoms with Crippen LogP contribution in [0.4, 0.5) is 0 Å². The number of amides is 1. The Morgan fingerprint density at radius 2 is 1.58 bits per heavy atom. The number of primary amides is 1. The molecule has 2 N–H and O–H groups in total. The van der Waals surface area contributed by atoms with Crippen molar-refractivity contribution in [3.8, 4) is 5.75 Å². The monoisotopic (exact) mass is 355 g/mol. The third kappa shape index (κ3) is 5.34. The Morgan fingerprint density at radius 1 is 1.00 bits per heavy atom. The molecule has 0 saturated heterocycles. The lowest BCUT2D eigenvalue weighted by molar-refractivity contribution is -0.125. The van der Waals surface area contributed by atoms with Gasteiger partial charge in [0, 0.05) is 0 Å². The Morgan fingerprint density at radius 3 is 2.08 bits per heavy atom. The first-order chi connectivity index (χ1) is 12.2. The first kappa shape index (κ1) is 19.5. The van der Waals surface area contributed by atoms with Crippen LogP contribution in [0.2, 0.25) is 0 Å². The predicted octanol–water partition coefficient (Wildman–Crippen LogP) is 3.59. The van der Waals surface area contributed by atoms with E-state index in [4.69, 9.17) is 15.2 Å². The van der Waals surface area contributed by atoms with E-state index in [-0.39, 0.29) is 5.41 Å². The summed E-state index contributed by atoms with van der Waals surface area (Å²) in [6.45, 7) is 8.33. The van der Waals surface area contributed by atoms with Crippen LogP contribution < -0.4 is 10.5 Å². The molecule has 138 valence electrons. The van der Waals surface area contributed by atoms with Gasteiger partial charge in [-0.05, 0) is 47.7 Å². The van der Waals surface area contributed by atoms with Crippen LogP contribution in [-0.2, 0) is 21.6 Å². The van der Waals surface area contributed by atoms with E-state index in [1.54, 1.807) is 24.3 Å². The molecule has 1 atom stereocenters. The van der Waals surface area contributed by atoms with E-state index in [1.165, 1.54) is 12.5 Å². The van der Waals surface area contributed by atoms with Gasteiger partial charge in [-0.3, -0.25) is 4.79 Å². The average molecular weight is 355 g/mol. The summed E-state index contributed by atoms with van der Waals surface area (Å²) in [5, 5.41) is 0. The van der Waals surface area contributed by atoms with Crippen LogP contribution >= 0.6 is 0 Å². The van der Waals surface area contributed by atoms with Crippen molar-refractivity contribution in [1.82, 2.24) is 0 Å². The molecule has 0 aliphatic heterocycles. The van der Waals surface area contributed by atoms with Crippen LogP contribution in [0.5, 0.6) is 5.75 Å². The second-order valence-electron chi connectivity index (χ2n) is 7.21. The summed E-state index contributed by atoms with van der Waals surface area (Å²) >= 11 is 0. The summed E-state index contributed by atoms with van der Waals surface area (Å²) in [7, 11) is 0. The van der Waals surface area contributed by atoms with E-state index < -0.39 is 18.0 Å². The zero-order valence-electron chi connectivity index (χ0n) is 15.6. The van der Waals surface area contributed by atoms with Gasteiger partial charge in [0.05, 0.1) is 5.56 Å². The van der Waals surface area contributed by atoms with E-state index in [1.807, 2.05) is 12.1 Å². The average Bonchev–Trinajstić information content (AvgIpc) is 2.59. The van der Waals surface area contributed by atoms with E-state index in [0.717, 1.165) is 11.3 Å². The van der Waals surface area contributed by atoms with Gasteiger partial charge in [-0.2, -0.15) is 0 Å². The van der Waals surface area contributed by atoms with Crippen molar-refractivity contribution in [1.29, 1.82) is 0 Å². The lowest BCUT2D eigenvalue weighted by Crippen LogP contribution is -2.30. The number of carbonyl (C=O) groups is 2. The SMILES string of the molecule is CC(OC(=O)c1ccc(COc2ccc(C(C)(C)C)cc2)cc1)C(N)=O. The van der Waals surface area contributed by atoms with Crippen molar-refractivity contribution in [2.24, 2.45) is 5.73 Å². The first-order valence-electron chi connectivity index (χ1n) is 8.49. The number of esters is 1. The van der Waals surface area contributed by atoms with Crippen molar-refractivity contribution in [2.45, 2.75) is 45.8 Å². The van der Waals surface area contributed by atoms with Gasteiger partial charge in [0.15, 0.2) is 6.10 Å². The zero-order valence-corrected chi connectivity index (χ0v) is 15.6. The van der Waals surface area contributed by atoms with Crippen molar-refractivity contribution in [2.75, 3.05) is 0 Å². The minimum atomic E-state index is -0.957. The van der Waals surface area contributed by atoms with Gasteiger partial charge in [-0.1, -0.05) is 45.0 Å². The van der Waals surface area contributed by atoms with E-state index >= 15 is 0 Å². The van der Waals surface area contributed by atoms with Crippen LogP contribution in [0.1, 0.15) is 49.2 Å². The molecule has 0 fully saturated rings. The standard InChI is InChI=1S/C21H25NO4/c1-14(19(22)23)26-20(24)16-7-5-15(6-8-16)13-25-18-11-9-17(10-12-18)21(2,3)4/h5-12,14H,13H2,1-4H3,(H2,22,23). The lowest BCUT2D eigenvalue weighted by Gasteiger charge is -2.19. The van der Waals surface area contributed by atoms with Crippen LogP contribution in [0.15, 0.2) is 48.5 Å². The summed E-state index contributed by atoms with van der Waals surface area (Å²) in [5.41, 5.74) is 7.71. The first-order valence-corrected chi connectivity index (χ1v) is 8.49. The van der Waals surface area contributed by atoms with E-state index in [2.05, 4.69) is 32.9 Å². The highest BCUT2D eigenvalue weighted by atomic mass is 16.5. The van der Waals surface area contributed by atoms with Crippen LogP contribution in [-0.4, -0.2) is 18.0 Å². The van der Waals surface area contributed by atoms with Crippen molar-refractivity contribution in [3.63, 3.8) is 0 Å². The highest BCUT2D eigenvalue weighted by molar-refractivity contribution is 5.91. The summed E-state index contributed by atoms with van der Waals surface area (Å²) in [5.74, 6) is -0.473. The Balaban J connectivity index is 1.93. The number of rotatable bonds is 6. The fourth-order valence-corrected chi connectivity index (χ4v) is 2.24. The van der Waals surface area contributed by atoms with Crippen molar-refractivity contribution in [3.05, 3.63) is 65.2 Å². The minimum absolute atomic E-state index is 0.106. The molecule has 2 aromatic rings. The second kappa shape index (κ2) is 8.04. The summed E-state index contributed by atoms with van der Waals surface area (Å²) in [6, 6.07) is 14.9. The van der Waals surface area contributed by atoms with Gasteiger partial charge in [-0.25, -0.2) is 4.79 Å². The molecule has 1 amide bonds. The Bertz CT molecular complexity index is 758. The van der Waals surface area contributed by atoms with Crippen LogP contribution in [0, 0.1) is 0 Å². The van der Waals surface area contributed by atoms with E-state index in [0.29, 0.717) is 12.2 Å². The molecule has 0 heterocycles. The maximum atomic E-state index is 11.9. The summed E-state index contributed by atoms with van der Waals surface area (Å²) in [4.78, 5) is 22.8. The summed E-state index contributed by atoms with van der Waals surface area (Å²) < 4.78 is 10.7. The molecule has 0 saturated carbocycles. The van der Waals surface area contributed by atoms with Crippen molar-refractivity contribution < 1.29 is 19.1 Å². The molecule has 0 aliphatic carbocycles. The van der Waals surface area contributed by atoms with Gasteiger partial charge in [0.25, 0.3) is 5.91 Å². The van der Waals surface area contributed by atoms with Crippen molar-refractivity contribution >= 4 is 11.9 Å². The molecule has 0 aromatic heterocycles. The molecule has 5 nitrogen and oxygen atoms in total. The van der Waals surface area contributed by atoms with Gasteiger partial charge >= 0.3 is 5.97 Å². The summed E-state index contributed by atoms with van der Waals surface area (Å²) in [6.07, 6.45) is -0.957. The fraction of sp³-hybridized carbons (Fsp3) is 0.333. The molecular formula is C21H25NO4. The number of benzene rings is 2. The zero-order chi connectivity index (χ0) is 19.3. The van der Waals surface area contributed by atoms with Gasteiger partial charge in [0.1, 0.15) is 12.4 Å². The smallest absolute Gasteiger partial charge is 0.338 e. The molecule has 2 rings (SSSR count). The molecule has 1 unspecified atom stereocenters. The lowest BCUT2D eigenvalue weighted by atomic mass is 9.87. The Kier molecular flexibility index (Phi) is 6.03. The number of ether oxygens (including phenoxy) is 2. The normalized spacial score (nSPS) is 12.3. The maximum absolute atomic E-state index is 11.9. The molecule has 0 aliphatic rings. The molecular weight excluding hydrogens is 330 g/mol.